The molecule has 8 rings (SSSR count). The van der Waals surface area contributed by atoms with Crippen LogP contribution in [0.2, 0.25) is 0 Å². The zero-order valence-corrected chi connectivity index (χ0v) is 26.7. The number of pyridine rings is 2. The van der Waals surface area contributed by atoms with Gasteiger partial charge in [-0.1, -0.05) is 12.1 Å². The van der Waals surface area contributed by atoms with Gasteiger partial charge in [-0.3, -0.25) is 9.36 Å². The second-order valence-electron chi connectivity index (χ2n) is 12.6. The van der Waals surface area contributed by atoms with Crippen LogP contribution < -0.4 is 21.5 Å². The standard InChI is InChI=1S/C36H35N7O5/c1-20-11-30-31(48-36(45)42(30)18-21-6-8-24(46-2)9-7-21)15-25(20)29-12-22-13-32(38-17-28(22)34(37)40-29)41-35(44)27-14-26(27)23-16-39-43(19-23)33-5-3-4-10-47-33/h6-9,11-13,15-17,19,26-27,33H,3-5,10,14,18H2,1-2H3,(H2,37,40)(H,38,41,44)/t26-,27+,33?/m0/s1. The van der Waals surface area contributed by atoms with E-state index in [1.807, 2.05) is 72.5 Å². The highest BCUT2D eigenvalue weighted by atomic mass is 16.5. The van der Waals surface area contributed by atoms with Crippen LogP contribution in [0.1, 0.15) is 54.5 Å². The molecule has 5 heterocycles. The van der Waals surface area contributed by atoms with E-state index in [4.69, 9.17) is 19.6 Å². The van der Waals surface area contributed by atoms with Crippen molar-refractivity contribution in [1.29, 1.82) is 0 Å². The van der Waals surface area contributed by atoms with Crippen LogP contribution in [0, 0.1) is 12.8 Å². The van der Waals surface area contributed by atoms with Gasteiger partial charge in [-0.2, -0.15) is 5.10 Å². The van der Waals surface area contributed by atoms with E-state index in [-0.39, 0.29) is 24.0 Å². The van der Waals surface area contributed by atoms with E-state index in [0.29, 0.717) is 40.4 Å². The Balaban J connectivity index is 1.02. The van der Waals surface area contributed by atoms with Gasteiger partial charge in [0.05, 0.1) is 31.1 Å². The van der Waals surface area contributed by atoms with Crippen molar-refractivity contribution >= 4 is 39.4 Å². The van der Waals surface area contributed by atoms with Gasteiger partial charge in [-0.15, -0.1) is 0 Å². The van der Waals surface area contributed by atoms with Crippen LogP contribution in [-0.4, -0.2) is 43.9 Å². The average molecular weight is 646 g/mol. The van der Waals surface area contributed by atoms with Crippen molar-refractivity contribution in [2.45, 2.75) is 51.3 Å². The van der Waals surface area contributed by atoms with Crippen LogP contribution in [0.4, 0.5) is 11.6 Å². The number of methoxy groups -OCH3 is 1. The number of hydrogen-bond acceptors (Lipinski definition) is 9. The largest absolute Gasteiger partial charge is 0.497 e. The lowest BCUT2D eigenvalue weighted by atomic mass is 10.0. The van der Waals surface area contributed by atoms with E-state index in [1.165, 1.54) is 0 Å². The van der Waals surface area contributed by atoms with Crippen molar-refractivity contribution in [3.63, 3.8) is 0 Å². The van der Waals surface area contributed by atoms with Gasteiger partial charge >= 0.3 is 5.76 Å². The Hall–Kier alpha value is -5.49. The molecule has 1 amide bonds. The first-order valence-corrected chi connectivity index (χ1v) is 16.1. The second-order valence-corrected chi connectivity index (χ2v) is 12.6. The zero-order valence-electron chi connectivity index (χ0n) is 26.7. The summed E-state index contributed by atoms with van der Waals surface area (Å²) < 4.78 is 20.3. The van der Waals surface area contributed by atoms with Crippen LogP contribution in [0.15, 0.2) is 76.3 Å². The van der Waals surface area contributed by atoms with Gasteiger partial charge in [0.1, 0.15) is 23.6 Å². The third-order valence-corrected chi connectivity index (χ3v) is 9.41. The summed E-state index contributed by atoms with van der Waals surface area (Å²) in [7, 11) is 1.62. The number of nitrogens with two attached hydrogens (primary N) is 1. The molecule has 1 aliphatic carbocycles. The van der Waals surface area contributed by atoms with Crippen LogP contribution in [0.5, 0.6) is 5.75 Å². The van der Waals surface area contributed by atoms with Crippen LogP contribution in [0.25, 0.3) is 33.1 Å². The molecule has 0 bridgehead atoms. The molecular formula is C36H35N7O5. The minimum Gasteiger partial charge on any atom is -0.497 e. The lowest BCUT2D eigenvalue weighted by molar-refractivity contribution is -0.117. The van der Waals surface area contributed by atoms with E-state index in [1.54, 1.807) is 17.9 Å². The van der Waals surface area contributed by atoms with Gasteiger partial charge in [-0.05, 0) is 97.0 Å². The molecule has 0 radical (unpaired) electrons. The van der Waals surface area contributed by atoms with Crippen LogP contribution in [-0.2, 0) is 16.1 Å². The Bertz CT molecular complexity index is 2230. The first-order valence-electron chi connectivity index (χ1n) is 16.1. The maximum atomic E-state index is 13.2. The van der Waals surface area contributed by atoms with Gasteiger partial charge in [0.15, 0.2) is 5.58 Å². The number of fused-ring (bicyclic) bond motifs is 2. The number of nitrogens with one attached hydrogen (secondary N) is 1. The number of hydrogen-bond donors (Lipinski definition) is 2. The molecule has 244 valence electrons. The molecular weight excluding hydrogens is 610 g/mol. The summed E-state index contributed by atoms with van der Waals surface area (Å²) in [6.07, 6.45) is 9.39. The molecule has 1 aliphatic heterocycles. The molecule has 2 aliphatic rings. The summed E-state index contributed by atoms with van der Waals surface area (Å²) in [5.74, 6) is 0.954. The summed E-state index contributed by atoms with van der Waals surface area (Å²) in [6.45, 7) is 3.07. The molecule has 1 saturated carbocycles. The first kappa shape index (κ1) is 29.9. The summed E-state index contributed by atoms with van der Waals surface area (Å²) in [5, 5.41) is 8.96. The van der Waals surface area contributed by atoms with Crippen molar-refractivity contribution in [2.75, 3.05) is 24.8 Å². The minimum atomic E-state index is -0.445. The highest BCUT2D eigenvalue weighted by Crippen LogP contribution is 2.48. The van der Waals surface area contributed by atoms with E-state index in [0.717, 1.165) is 65.7 Å². The maximum Gasteiger partial charge on any atom is 0.420 e. The summed E-state index contributed by atoms with van der Waals surface area (Å²) in [6, 6.07) is 15.0. The molecule has 1 unspecified atom stereocenters. The van der Waals surface area contributed by atoms with Crippen molar-refractivity contribution in [1.82, 2.24) is 24.3 Å². The quantitative estimate of drug-likeness (QED) is 0.209. The number of carbonyl (C=O) groups excluding carboxylic acids is 1. The average Bonchev–Trinajstić information content (AvgIpc) is 3.65. The van der Waals surface area contributed by atoms with Crippen molar-refractivity contribution in [3.8, 4) is 17.0 Å². The smallest absolute Gasteiger partial charge is 0.420 e. The Morgan fingerprint density at radius 1 is 1.12 bits per heavy atom. The van der Waals surface area contributed by atoms with Gasteiger partial charge in [0.2, 0.25) is 5.91 Å². The molecule has 2 fully saturated rings. The second kappa shape index (κ2) is 11.9. The number of oxazole rings is 1. The number of aromatic nitrogens is 5. The predicted octanol–water partition coefficient (Wildman–Crippen LogP) is 5.79. The predicted molar refractivity (Wildman–Crippen MR) is 181 cm³/mol. The topological polar surface area (TPSA) is 152 Å². The lowest BCUT2D eigenvalue weighted by Crippen LogP contribution is -2.18. The molecule has 6 aromatic rings. The fourth-order valence-electron chi connectivity index (χ4n) is 6.64. The van der Waals surface area contributed by atoms with Crippen molar-refractivity contribution in [3.05, 3.63) is 94.4 Å². The number of benzene rings is 2. The monoisotopic (exact) mass is 645 g/mol. The van der Waals surface area contributed by atoms with Crippen LogP contribution >= 0.6 is 0 Å². The number of ether oxygens (including phenoxy) is 2. The van der Waals surface area contributed by atoms with Gasteiger partial charge in [-0.25, -0.2) is 19.4 Å². The van der Waals surface area contributed by atoms with Crippen LogP contribution in [0.3, 0.4) is 0 Å². The summed E-state index contributed by atoms with van der Waals surface area (Å²) in [5.41, 5.74) is 11.8. The Kier molecular flexibility index (Phi) is 7.44. The zero-order chi connectivity index (χ0) is 32.9. The van der Waals surface area contributed by atoms with Crippen molar-refractivity contribution < 1.29 is 18.7 Å². The molecule has 4 aromatic heterocycles. The molecule has 48 heavy (non-hydrogen) atoms. The molecule has 12 heteroatoms. The number of anilines is 2. The van der Waals surface area contributed by atoms with Crippen molar-refractivity contribution in [2.24, 2.45) is 5.92 Å². The summed E-state index contributed by atoms with van der Waals surface area (Å²) >= 11 is 0. The number of nitrogen functional groups attached to an aromatic ring is 1. The fourth-order valence-corrected chi connectivity index (χ4v) is 6.64. The number of nitrogens with zero attached hydrogens (tertiary/aromatic N) is 5. The lowest BCUT2D eigenvalue weighted by Gasteiger charge is -2.22. The molecule has 2 aromatic carbocycles. The highest BCUT2D eigenvalue weighted by molar-refractivity contribution is 5.99. The molecule has 3 atom stereocenters. The molecule has 0 spiro atoms. The van der Waals surface area contributed by atoms with E-state index in [2.05, 4.69) is 20.4 Å². The summed E-state index contributed by atoms with van der Waals surface area (Å²) in [4.78, 5) is 35.2. The fraction of sp³-hybridized carbons (Fsp3) is 0.306. The molecule has 3 N–H and O–H groups in total. The normalized spacial score (nSPS) is 19.1. The third-order valence-electron chi connectivity index (χ3n) is 9.41. The molecule has 1 saturated heterocycles. The van der Waals surface area contributed by atoms with Gasteiger partial charge < -0.3 is 24.9 Å². The van der Waals surface area contributed by atoms with E-state index in [9.17, 15) is 9.59 Å². The Morgan fingerprint density at radius 3 is 2.77 bits per heavy atom. The van der Waals surface area contributed by atoms with Gasteiger partial charge in [0, 0.05) is 35.9 Å². The highest BCUT2D eigenvalue weighted by Gasteiger charge is 2.45. The number of rotatable bonds is 8. The number of aryl methyl sites for hydroxylation is 1. The first-order chi connectivity index (χ1) is 23.3. The number of amides is 1. The SMILES string of the molecule is COc1ccc(Cn2c(=O)oc3cc(-c4cc5cc(NC(=O)[C@@H]6C[C@H]6c6cnn(C7CCCCO7)c6)ncc5c(N)n4)c(C)cc32)cc1. The third kappa shape index (κ3) is 5.57. The van der Waals surface area contributed by atoms with Gasteiger partial charge in [0.25, 0.3) is 0 Å². The van der Waals surface area contributed by atoms with E-state index >= 15 is 0 Å². The number of carbonyl (C=O) groups is 1. The van der Waals surface area contributed by atoms with E-state index < -0.39 is 5.76 Å². The maximum absolute atomic E-state index is 13.2. The molecule has 12 nitrogen and oxygen atoms in total. The minimum absolute atomic E-state index is 0.0254. The Labute approximate surface area is 275 Å². The Morgan fingerprint density at radius 2 is 1.98 bits per heavy atom.